The fourth-order valence-electron chi connectivity index (χ4n) is 1.47. The minimum absolute atomic E-state index is 0.0395. The van der Waals surface area contributed by atoms with Crippen molar-refractivity contribution in [2.45, 2.75) is 17.1 Å². The van der Waals surface area contributed by atoms with E-state index in [1.54, 1.807) is 6.92 Å². The van der Waals surface area contributed by atoms with Crippen LogP contribution in [0.2, 0.25) is 0 Å². The van der Waals surface area contributed by atoms with Gasteiger partial charge in [-0.3, -0.25) is 24.5 Å². The first kappa shape index (κ1) is 19.4. The number of hydrogen-bond donors (Lipinski definition) is 2. The van der Waals surface area contributed by atoms with E-state index in [-0.39, 0.29) is 18.1 Å². The summed E-state index contributed by atoms with van der Waals surface area (Å²) in [6.45, 7) is 0.915. The number of benzene rings is 1. The van der Waals surface area contributed by atoms with E-state index in [1.165, 1.54) is 31.3 Å². The minimum Gasteiger partial charge on any atom is -0.455 e. The first-order chi connectivity index (χ1) is 11.3. The highest BCUT2D eigenvalue weighted by molar-refractivity contribution is 8.00. The third kappa shape index (κ3) is 6.65. The summed E-state index contributed by atoms with van der Waals surface area (Å²) in [7, 11) is 1.44. The van der Waals surface area contributed by atoms with Gasteiger partial charge in [0.2, 0.25) is 5.91 Å². The lowest BCUT2D eigenvalue weighted by atomic mass is 10.3. The number of hydrogen-bond acceptors (Lipinski definition) is 7. The Labute approximate surface area is 142 Å². The van der Waals surface area contributed by atoms with E-state index in [0.717, 1.165) is 11.8 Å². The molecule has 0 spiro atoms. The maximum Gasteiger partial charge on any atom is 0.319 e. The number of non-ortho nitro benzene ring substituents is 1. The first-order valence-corrected chi connectivity index (χ1v) is 7.76. The molecule has 0 saturated carbocycles. The molecule has 1 aromatic carbocycles. The molecule has 2 N–H and O–H groups in total. The summed E-state index contributed by atoms with van der Waals surface area (Å²) in [6, 6.07) is 5.74. The Morgan fingerprint density at radius 1 is 1.25 bits per heavy atom. The number of esters is 1. The summed E-state index contributed by atoms with van der Waals surface area (Å²) < 4.78 is 4.85. The lowest BCUT2D eigenvalue weighted by Crippen LogP contribution is -2.37. The normalized spacial score (nSPS) is 11.2. The van der Waals surface area contributed by atoms with E-state index in [0.29, 0.717) is 4.90 Å². The third-order valence-electron chi connectivity index (χ3n) is 2.76. The maximum atomic E-state index is 11.8. The second kappa shape index (κ2) is 9.50. The third-order valence-corrected chi connectivity index (χ3v) is 3.85. The Bertz CT molecular complexity index is 619. The summed E-state index contributed by atoms with van der Waals surface area (Å²) in [5.74, 6) is -1.55. The van der Waals surface area contributed by atoms with Gasteiger partial charge < -0.3 is 15.4 Å². The van der Waals surface area contributed by atoms with Crippen molar-refractivity contribution in [2.24, 2.45) is 0 Å². The van der Waals surface area contributed by atoms with Gasteiger partial charge in [-0.1, -0.05) is 0 Å². The number of amides is 2. The SMILES string of the molecule is CNC(=O)CNC(=O)COC(=O)[C@H](C)Sc1ccc([N+](=O)[O-])cc1. The van der Waals surface area contributed by atoms with Crippen molar-refractivity contribution < 1.29 is 24.0 Å². The number of carbonyl (C=O) groups excluding carboxylic acids is 3. The number of carbonyl (C=O) groups is 3. The molecule has 10 heteroatoms. The van der Waals surface area contributed by atoms with Gasteiger partial charge in [-0.2, -0.15) is 0 Å². The van der Waals surface area contributed by atoms with Gasteiger partial charge in [-0.15, -0.1) is 11.8 Å². The Morgan fingerprint density at radius 3 is 2.42 bits per heavy atom. The van der Waals surface area contributed by atoms with Gasteiger partial charge in [0.15, 0.2) is 6.61 Å². The van der Waals surface area contributed by atoms with Gasteiger partial charge in [0, 0.05) is 24.1 Å². The quantitative estimate of drug-likeness (QED) is 0.300. The molecule has 0 aliphatic heterocycles. The van der Waals surface area contributed by atoms with Crippen LogP contribution in [-0.2, 0) is 19.1 Å². The maximum absolute atomic E-state index is 11.8. The average molecular weight is 355 g/mol. The van der Waals surface area contributed by atoms with Crippen LogP contribution in [0.3, 0.4) is 0 Å². The van der Waals surface area contributed by atoms with E-state index in [9.17, 15) is 24.5 Å². The molecule has 24 heavy (non-hydrogen) atoms. The Balaban J connectivity index is 2.40. The lowest BCUT2D eigenvalue weighted by Gasteiger charge is -2.11. The van der Waals surface area contributed by atoms with Crippen LogP contribution in [0.1, 0.15) is 6.92 Å². The van der Waals surface area contributed by atoms with Crippen molar-refractivity contribution in [3.8, 4) is 0 Å². The molecule has 2 amide bonds. The first-order valence-electron chi connectivity index (χ1n) is 6.88. The van der Waals surface area contributed by atoms with Crippen LogP contribution in [-0.4, -0.2) is 48.2 Å². The largest absolute Gasteiger partial charge is 0.455 e. The highest BCUT2D eigenvalue weighted by Crippen LogP contribution is 2.25. The van der Waals surface area contributed by atoms with Crippen molar-refractivity contribution in [1.82, 2.24) is 10.6 Å². The molecule has 130 valence electrons. The van der Waals surface area contributed by atoms with E-state index in [1.807, 2.05) is 0 Å². The number of thioether (sulfide) groups is 1. The van der Waals surface area contributed by atoms with Crippen LogP contribution < -0.4 is 10.6 Å². The summed E-state index contributed by atoms with van der Waals surface area (Å²) in [4.78, 5) is 44.9. The van der Waals surface area contributed by atoms with Gasteiger partial charge in [0.1, 0.15) is 5.25 Å². The van der Waals surface area contributed by atoms with Crippen molar-refractivity contribution >= 4 is 35.2 Å². The van der Waals surface area contributed by atoms with Crippen LogP contribution in [0.15, 0.2) is 29.2 Å². The molecule has 0 unspecified atom stereocenters. The van der Waals surface area contributed by atoms with Gasteiger partial charge in [0.25, 0.3) is 11.6 Å². The Morgan fingerprint density at radius 2 is 1.88 bits per heavy atom. The van der Waals surface area contributed by atoms with Crippen LogP contribution in [0.5, 0.6) is 0 Å². The zero-order chi connectivity index (χ0) is 18.1. The predicted molar refractivity (Wildman–Crippen MR) is 86.5 cm³/mol. The van der Waals surface area contributed by atoms with Crippen LogP contribution in [0, 0.1) is 10.1 Å². The molecule has 9 nitrogen and oxygen atoms in total. The van der Waals surface area contributed by atoms with E-state index >= 15 is 0 Å². The number of ether oxygens (including phenoxy) is 1. The molecule has 0 aliphatic carbocycles. The molecule has 0 bridgehead atoms. The summed E-state index contributed by atoms with van der Waals surface area (Å²) in [5.41, 5.74) is -0.0395. The standard InChI is InChI=1S/C14H17N3O6S/c1-9(24-11-5-3-10(4-6-11)17(21)22)14(20)23-8-13(19)16-7-12(18)15-2/h3-6,9H,7-8H2,1-2H3,(H,15,18)(H,16,19)/t9-/m0/s1. The lowest BCUT2D eigenvalue weighted by molar-refractivity contribution is -0.384. The fraction of sp³-hybridized carbons (Fsp3) is 0.357. The molecule has 0 heterocycles. The van der Waals surface area contributed by atoms with Crippen molar-refractivity contribution in [3.05, 3.63) is 34.4 Å². The summed E-state index contributed by atoms with van der Waals surface area (Å²) >= 11 is 1.15. The second-order valence-corrected chi connectivity index (χ2v) is 5.98. The van der Waals surface area contributed by atoms with E-state index in [2.05, 4.69) is 10.6 Å². The Kier molecular flexibility index (Phi) is 7.69. The summed E-state index contributed by atoms with van der Waals surface area (Å²) in [5, 5.41) is 14.6. The number of nitro benzene ring substituents is 1. The van der Waals surface area contributed by atoms with Gasteiger partial charge >= 0.3 is 5.97 Å². The predicted octanol–water partition coefficient (Wildman–Crippen LogP) is 0.481. The molecular weight excluding hydrogens is 338 g/mol. The zero-order valence-electron chi connectivity index (χ0n) is 13.1. The molecule has 0 fully saturated rings. The molecule has 0 radical (unpaired) electrons. The number of nitro groups is 1. The monoisotopic (exact) mass is 355 g/mol. The molecule has 0 aromatic heterocycles. The summed E-state index contributed by atoms with van der Waals surface area (Å²) in [6.07, 6.45) is 0. The van der Waals surface area contributed by atoms with Crippen LogP contribution in [0.4, 0.5) is 5.69 Å². The number of likely N-dealkylation sites (N-methyl/N-ethyl adjacent to an activating group) is 1. The molecule has 1 atom stereocenters. The smallest absolute Gasteiger partial charge is 0.319 e. The van der Waals surface area contributed by atoms with E-state index < -0.39 is 28.7 Å². The fourth-order valence-corrected chi connectivity index (χ4v) is 2.34. The zero-order valence-corrected chi connectivity index (χ0v) is 13.9. The van der Waals surface area contributed by atoms with Gasteiger partial charge in [-0.25, -0.2) is 0 Å². The second-order valence-electron chi connectivity index (χ2n) is 4.57. The van der Waals surface area contributed by atoms with Gasteiger partial charge in [-0.05, 0) is 19.1 Å². The van der Waals surface area contributed by atoms with Crippen molar-refractivity contribution in [1.29, 1.82) is 0 Å². The van der Waals surface area contributed by atoms with Crippen molar-refractivity contribution in [3.63, 3.8) is 0 Å². The molecule has 0 aliphatic rings. The van der Waals surface area contributed by atoms with Gasteiger partial charge in [0.05, 0.1) is 11.5 Å². The molecular formula is C14H17N3O6S. The number of rotatable bonds is 8. The van der Waals surface area contributed by atoms with E-state index in [4.69, 9.17) is 4.74 Å². The number of nitrogens with one attached hydrogen (secondary N) is 2. The van der Waals surface area contributed by atoms with Crippen molar-refractivity contribution in [2.75, 3.05) is 20.2 Å². The number of nitrogens with zero attached hydrogens (tertiary/aromatic N) is 1. The Hall–Kier alpha value is -2.62. The highest BCUT2D eigenvalue weighted by atomic mass is 32.2. The highest BCUT2D eigenvalue weighted by Gasteiger charge is 2.18. The molecule has 1 aromatic rings. The molecule has 0 saturated heterocycles. The topological polar surface area (TPSA) is 128 Å². The minimum atomic E-state index is -0.603. The molecule has 1 rings (SSSR count). The average Bonchev–Trinajstić information content (AvgIpc) is 2.57. The van der Waals surface area contributed by atoms with Crippen LogP contribution in [0.25, 0.3) is 0 Å². The van der Waals surface area contributed by atoms with Crippen LogP contribution >= 0.6 is 11.8 Å².